The summed E-state index contributed by atoms with van der Waals surface area (Å²) in [5.41, 5.74) is 0.806. The summed E-state index contributed by atoms with van der Waals surface area (Å²) in [6.45, 7) is 0. The highest BCUT2D eigenvalue weighted by atomic mass is 16.4. The predicted molar refractivity (Wildman–Crippen MR) is 71.9 cm³/mol. The third-order valence-electron chi connectivity index (χ3n) is 2.49. The summed E-state index contributed by atoms with van der Waals surface area (Å²) >= 11 is 0. The van der Waals surface area contributed by atoms with Crippen LogP contribution in [0.4, 0.5) is 0 Å². The maximum Gasteiger partial charge on any atom is 0.326 e. The minimum absolute atomic E-state index is 0.157. The van der Waals surface area contributed by atoms with E-state index in [0.717, 1.165) is 5.56 Å². The molecule has 0 unspecified atom stereocenters. The summed E-state index contributed by atoms with van der Waals surface area (Å²) in [6, 6.07) is 7.84. The quantitative estimate of drug-likeness (QED) is 0.648. The molecule has 1 rings (SSSR count). The van der Waals surface area contributed by atoms with Crippen molar-refractivity contribution in [1.29, 1.82) is 0 Å². The summed E-state index contributed by atoms with van der Waals surface area (Å²) < 4.78 is 0. The topological polar surface area (TPSA) is 104 Å². The number of hydrogen-bond acceptors (Lipinski definition) is 3. The highest BCUT2D eigenvalue weighted by molar-refractivity contribution is 5.94. The summed E-state index contributed by atoms with van der Waals surface area (Å²) in [5, 5.41) is 19.7. The van der Waals surface area contributed by atoms with E-state index in [-0.39, 0.29) is 12.8 Å². The smallest absolute Gasteiger partial charge is 0.326 e. The van der Waals surface area contributed by atoms with Gasteiger partial charge in [0.15, 0.2) is 0 Å². The van der Waals surface area contributed by atoms with Gasteiger partial charge in [0.2, 0.25) is 5.91 Å². The number of carbonyl (C=O) groups excluding carboxylic acids is 1. The zero-order chi connectivity index (χ0) is 15.0. The van der Waals surface area contributed by atoms with Gasteiger partial charge >= 0.3 is 11.9 Å². The molecule has 3 N–H and O–H groups in total. The van der Waals surface area contributed by atoms with Crippen molar-refractivity contribution < 1.29 is 24.6 Å². The van der Waals surface area contributed by atoms with E-state index in [1.807, 2.05) is 18.2 Å². The van der Waals surface area contributed by atoms with Crippen molar-refractivity contribution in [2.45, 2.75) is 18.9 Å². The van der Waals surface area contributed by atoms with E-state index in [9.17, 15) is 14.4 Å². The standard InChI is InChI=1S/C14H15NO5/c16-12(8-6-10-4-2-1-3-5-10)15-11(14(19)20)7-9-13(17)18/h1-6,8,11H,7,9H2,(H,15,16)(H,17,18)(H,19,20)/b8-6+/t11-/m0/s1. The van der Waals surface area contributed by atoms with Crippen LogP contribution in [0, 0.1) is 0 Å². The van der Waals surface area contributed by atoms with Crippen LogP contribution in [0.1, 0.15) is 18.4 Å². The molecule has 0 aliphatic rings. The van der Waals surface area contributed by atoms with Gasteiger partial charge in [0.05, 0.1) is 0 Å². The van der Waals surface area contributed by atoms with Gasteiger partial charge in [-0.15, -0.1) is 0 Å². The van der Waals surface area contributed by atoms with Crippen LogP contribution >= 0.6 is 0 Å². The van der Waals surface area contributed by atoms with Crippen LogP contribution in [-0.2, 0) is 14.4 Å². The average molecular weight is 277 g/mol. The van der Waals surface area contributed by atoms with E-state index in [1.54, 1.807) is 18.2 Å². The second kappa shape index (κ2) is 7.73. The SMILES string of the molecule is O=C(O)CC[C@H](NC(=O)/C=C/c1ccccc1)C(=O)O. The zero-order valence-electron chi connectivity index (χ0n) is 10.7. The van der Waals surface area contributed by atoms with Crippen molar-refractivity contribution in [3.63, 3.8) is 0 Å². The first kappa shape index (κ1) is 15.4. The van der Waals surface area contributed by atoms with Crippen molar-refractivity contribution in [2.75, 3.05) is 0 Å². The summed E-state index contributed by atoms with van der Waals surface area (Å²) in [5.74, 6) is -2.94. The lowest BCUT2D eigenvalue weighted by Crippen LogP contribution is -2.40. The Bertz CT molecular complexity index is 510. The molecule has 6 nitrogen and oxygen atoms in total. The number of carboxylic acids is 2. The van der Waals surface area contributed by atoms with Gasteiger partial charge in [-0.3, -0.25) is 9.59 Å². The normalized spacial score (nSPS) is 12.0. The number of hydrogen-bond donors (Lipinski definition) is 3. The molecule has 1 amide bonds. The monoisotopic (exact) mass is 277 g/mol. The highest BCUT2D eigenvalue weighted by Gasteiger charge is 2.19. The Morgan fingerprint density at radius 2 is 1.80 bits per heavy atom. The Hall–Kier alpha value is -2.63. The van der Waals surface area contributed by atoms with Gasteiger partial charge in [0.1, 0.15) is 6.04 Å². The van der Waals surface area contributed by atoms with Crippen molar-refractivity contribution in [1.82, 2.24) is 5.32 Å². The fourth-order valence-corrected chi connectivity index (χ4v) is 1.48. The molecule has 0 aromatic heterocycles. The van der Waals surface area contributed by atoms with Gasteiger partial charge in [-0.1, -0.05) is 30.3 Å². The number of amides is 1. The average Bonchev–Trinajstić information content (AvgIpc) is 2.41. The van der Waals surface area contributed by atoms with Crippen LogP contribution in [0.2, 0.25) is 0 Å². The van der Waals surface area contributed by atoms with E-state index in [4.69, 9.17) is 10.2 Å². The van der Waals surface area contributed by atoms with Crippen molar-refractivity contribution in [2.24, 2.45) is 0 Å². The van der Waals surface area contributed by atoms with E-state index in [1.165, 1.54) is 6.08 Å². The molecule has 0 heterocycles. The second-order valence-corrected chi connectivity index (χ2v) is 4.08. The molecule has 0 radical (unpaired) electrons. The van der Waals surface area contributed by atoms with E-state index in [0.29, 0.717) is 0 Å². The lowest BCUT2D eigenvalue weighted by atomic mass is 10.1. The van der Waals surface area contributed by atoms with Gasteiger partial charge in [-0.05, 0) is 18.1 Å². The molecule has 1 atom stereocenters. The molecule has 0 saturated carbocycles. The fourth-order valence-electron chi connectivity index (χ4n) is 1.48. The second-order valence-electron chi connectivity index (χ2n) is 4.08. The molecular weight excluding hydrogens is 262 g/mol. The van der Waals surface area contributed by atoms with Gasteiger partial charge in [0.25, 0.3) is 0 Å². The largest absolute Gasteiger partial charge is 0.481 e. The first-order valence-corrected chi connectivity index (χ1v) is 5.97. The van der Waals surface area contributed by atoms with Crippen LogP contribution in [-0.4, -0.2) is 34.1 Å². The Kier molecular flexibility index (Phi) is 5.96. The zero-order valence-corrected chi connectivity index (χ0v) is 10.7. The highest BCUT2D eigenvalue weighted by Crippen LogP contribution is 2.02. The number of benzene rings is 1. The molecule has 0 spiro atoms. The summed E-state index contributed by atoms with van der Waals surface area (Å²) in [4.78, 5) is 32.9. The van der Waals surface area contributed by atoms with Crippen LogP contribution in [0.15, 0.2) is 36.4 Å². The predicted octanol–water partition coefficient (Wildman–Crippen LogP) is 1.13. The fraction of sp³-hybridized carbons (Fsp3) is 0.214. The molecule has 0 fully saturated rings. The molecule has 1 aromatic rings. The Morgan fingerprint density at radius 1 is 1.15 bits per heavy atom. The number of carboxylic acid groups (broad SMARTS) is 2. The van der Waals surface area contributed by atoms with E-state index in [2.05, 4.69) is 5.32 Å². The van der Waals surface area contributed by atoms with Crippen LogP contribution in [0.5, 0.6) is 0 Å². The Labute approximate surface area is 115 Å². The summed E-state index contributed by atoms with van der Waals surface area (Å²) in [6.07, 6.45) is 2.28. The Morgan fingerprint density at radius 3 is 2.35 bits per heavy atom. The Balaban J connectivity index is 2.56. The van der Waals surface area contributed by atoms with Gasteiger partial charge in [-0.25, -0.2) is 4.79 Å². The number of nitrogens with one attached hydrogen (secondary N) is 1. The third kappa shape index (κ3) is 5.81. The molecule has 6 heteroatoms. The van der Waals surface area contributed by atoms with Gasteiger partial charge < -0.3 is 15.5 Å². The molecule has 0 saturated heterocycles. The number of rotatable bonds is 7. The first-order valence-electron chi connectivity index (χ1n) is 5.97. The minimum atomic E-state index is -1.26. The first-order chi connectivity index (χ1) is 9.49. The maximum atomic E-state index is 11.6. The lowest BCUT2D eigenvalue weighted by Gasteiger charge is -2.11. The summed E-state index contributed by atoms with van der Waals surface area (Å²) in [7, 11) is 0. The lowest BCUT2D eigenvalue weighted by molar-refractivity contribution is -0.142. The maximum absolute atomic E-state index is 11.6. The van der Waals surface area contributed by atoms with Crippen molar-refractivity contribution in [3.8, 4) is 0 Å². The number of carbonyl (C=O) groups is 3. The molecular formula is C14H15NO5. The molecule has 1 aromatic carbocycles. The van der Waals surface area contributed by atoms with Crippen LogP contribution in [0.3, 0.4) is 0 Å². The van der Waals surface area contributed by atoms with Gasteiger partial charge in [0, 0.05) is 12.5 Å². The minimum Gasteiger partial charge on any atom is -0.481 e. The number of aliphatic carboxylic acids is 2. The van der Waals surface area contributed by atoms with Crippen molar-refractivity contribution >= 4 is 23.9 Å². The van der Waals surface area contributed by atoms with E-state index < -0.39 is 23.9 Å². The van der Waals surface area contributed by atoms with Gasteiger partial charge in [-0.2, -0.15) is 0 Å². The molecule has 20 heavy (non-hydrogen) atoms. The van der Waals surface area contributed by atoms with Crippen LogP contribution < -0.4 is 5.32 Å². The molecule has 0 aliphatic carbocycles. The van der Waals surface area contributed by atoms with Crippen LogP contribution in [0.25, 0.3) is 6.08 Å². The van der Waals surface area contributed by atoms with E-state index >= 15 is 0 Å². The third-order valence-corrected chi connectivity index (χ3v) is 2.49. The molecule has 0 aliphatic heterocycles. The van der Waals surface area contributed by atoms with Crippen molar-refractivity contribution in [3.05, 3.63) is 42.0 Å². The molecule has 0 bridgehead atoms. The molecule has 106 valence electrons.